The second-order valence-electron chi connectivity index (χ2n) is 7.59. The molecule has 1 aliphatic heterocycles. The number of nitrogens with one attached hydrogen (secondary N) is 1. The van der Waals surface area contributed by atoms with Crippen LogP contribution in [-0.4, -0.2) is 36.7 Å². The Bertz CT molecular complexity index is 1150. The van der Waals surface area contributed by atoms with Crippen LogP contribution in [0.5, 0.6) is 0 Å². The molecule has 31 heavy (non-hydrogen) atoms. The largest absolute Gasteiger partial charge is 0.347 e. The van der Waals surface area contributed by atoms with Gasteiger partial charge >= 0.3 is 0 Å². The van der Waals surface area contributed by atoms with Crippen molar-refractivity contribution in [1.82, 2.24) is 14.6 Å². The number of aromatic nitrogens is 1. The Kier molecular flexibility index (Phi) is 6.50. The van der Waals surface area contributed by atoms with Gasteiger partial charge in [0.05, 0.1) is 10.6 Å². The van der Waals surface area contributed by atoms with Gasteiger partial charge in [-0.25, -0.2) is 13.4 Å². The number of nitrogens with zero attached hydrogens (tertiary/aromatic N) is 2. The van der Waals surface area contributed by atoms with Gasteiger partial charge in [0.2, 0.25) is 10.0 Å². The zero-order valence-corrected chi connectivity index (χ0v) is 19.0. The molecule has 1 saturated heterocycles. The molecule has 0 saturated carbocycles. The molecule has 4 rings (SSSR count). The third kappa shape index (κ3) is 4.87. The standard InChI is InChI=1S/C23H25N3O3S2/c1-17-21(30-23(25-17)19-8-4-2-5-9-19)22(27)24-16-18-10-12-20(13-11-18)31(28,29)26-14-6-3-7-15-26/h2,4-5,8-13H,3,6-7,14-16H2,1H3,(H,24,27). The van der Waals surface area contributed by atoms with E-state index in [4.69, 9.17) is 0 Å². The highest BCUT2D eigenvalue weighted by atomic mass is 32.2. The Hall–Kier alpha value is -2.55. The number of thiazole rings is 1. The number of aryl methyl sites for hydroxylation is 1. The molecule has 6 nitrogen and oxygen atoms in total. The predicted molar refractivity (Wildman–Crippen MR) is 123 cm³/mol. The molecule has 1 N–H and O–H groups in total. The van der Waals surface area contributed by atoms with Gasteiger partial charge in [0, 0.05) is 25.2 Å². The Morgan fingerprint density at radius 2 is 1.71 bits per heavy atom. The monoisotopic (exact) mass is 455 g/mol. The summed E-state index contributed by atoms with van der Waals surface area (Å²) in [5, 5.41) is 3.73. The van der Waals surface area contributed by atoms with Crippen LogP contribution in [0.4, 0.5) is 0 Å². The topological polar surface area (TPSA) is 79.4 Å². The van der Waals surface area contributed by atoms with Gasteiger partial charge in [-0.2, -0.15) is 4.31 Å². The number of sulfonamides is 1. The van der Waals surface area contributed by atoms with Crippen LogP contribution >= 0.6 is 11.3 Å². The summed E-state index contributed by atoms with van der Waals surface area (Å²) in [6.45, 7) is 3.32. The van der Waals surface area contributed by atoms with E-state index in [0.717, 1.165) is 35.4 Å². The molecule has 2 heterocycles. The molecule has 0 aliphatic carbocycles. The molecule has 3 aromatic rings. The summed E-state index contributed by atoms with van der Waals surface area (Å²) in [5.74, 6) is -0.179. The molecule has 8 heteroatoms. The Balaban J connectivity index is 1.40. The third-order valence-corrected chi connectivity index (χ3v) is 8.47. The molecule has 0 spiro atoms. The van der Waals surface area contributed by atoms with E-state index in [9.17, 15) is 13.2 Å². The Labute approximate surface area is 187 Å². The van der Waals surface area contributed by atoms with Crippen molar-refractivity contribution in [2.45, 2.75) is 37.6 Å². The zero-order chi connectivity index (χ0) is 21.8. The number of carbonyl (C=O) groups is 1. The van der Waals surface area contributed by atoms with Crippen LogP contribution in [0.1, 0.15) is 40.2 Å². The zero-order valence-electron chi connectivity index (χ0n) is 17.4. The lowest BCUT2D eigenvalue weighted by Crippen LogP contribution is -2.35. The van der Waals surface area contributed by atoms with Crippen molar-refractivity contribution < 1.29 is 13.2 Å². The highest BCUT2D eigenvalue weighted by Gasteiger charge is 2.25. The van der Waals surface area contributed by atoms with Gasteiger partial charge < -0.3 is 5.32 Å². The van der Waals surface area contributed by atoms with Crippen molar-refractivity contribution in [3.05, 3.63) is 70.7 Å². The number of carbonyl (C=O) groups excluding carboxylic acids is 1. The van der Waals surface area contributed by atoms with Crippen LogP contribution < -0.4 is 5.32 Å². The smallest absolute Gasteiger partial charge is 0.263 e. The van der Waals surface area contributed by atoms with Gasteiger partial charge in [0.1, 0.15) is 9.88 Å². The minimum Gasteiger partial charge on any atom is -0.347 e. The average molecular weight is 456 g/mol. The highest BCUT2D eigenvalue weighted by Crippen LogP contribution is 2.27. The fourth-order valence-electron chi connectivity index (χ4n) is 3.61. The number of rotatable bonds is 6. The molecular weight excluding hydrogens is 430 g/mol. The molecule has 162 valence electrons. The normalized spacial score (nSPS) is 15.0. The molecule has 1 fully saturated rings. The lowest BCUT2D eigenvalue weighted by molar-refractivity contribution is 0.0954. The van der Waals surface area contributed by atoms with Gasteiger partial charge in [-0.3, -0.25) is 4.79 Å². The van der Waals surface area contributed by atoms with E-state index in [2.05, 4.69) is 10.3 Å². The van der Waals surface area contributed by atoms with E-state index in [-0.39, 0.29) is 5.91 Å². The molecule has 2 aromatic carbocycles. The maximum Gasteiger partial charge on any atom is 0.263 e. The first-order valence-electron chi connectivity index (χ1n) is 10.4. The number of amides is 1. The maximum absolute atomic E-state index is 12.8. The SMILES string of the molecule is Cc1nc(-c2ccccc2)sc1C(=O)NCc1ccc(S(=O)(=O)N2CCCCC2)cc1. The maximum atomic E-state index is 12.8. The van der Waals surface area contributed by atoms with E-state index in [1.54, 1.807) is 28.6 Å². The summed E-state index contributed by atoms with van der Waals surface area (Å²) in [6, 6.07) is 16.5. The Morgan fingerprint density at radius 1 is 1.03 bits per heavy atom. The fraction of sp³-hybridized carbons (Fsp3) is 0.304. The van der Waals surface area contributed by atoms with Gasteiger partial charge in [-0.15, -0.1) is 11.3 Å². The quantitative estimate of drug-likeness (QED) is 0.603. The van der Waals surface area contributed by atoms with Crippen LogP contribution in [0.2, 0.25) is 0 Å². The summed E-state index contributed by atoms with van der Waals surface area (Å²) in [7, 11) is -3.44. The first-order valence-corrected chi connectivity index (χ1v) is 12.6. The minimum atomic E-state index is -3.44. The van der Waals surface area contributed by atoms with Crippen LogP contribution in [0.25, 0.3) is 10.6 Å². The molecule has 1 aromatic heterocycles. The summed E-state index contributed by atoms with van der Waals surface area (Å²) in [6.07, 6.45) is 2.90. The average Bonchev–Trinajstić information content (AvgIpc) is 3.20. The predicted octanol–water partition coefficient (Wildman–Crippen LogP) is 4.22. The van der Waals surface area contributed by atoms with Gasteiger partial charge in [0.15, 0.2) is 0 Å². The molecule has 0 bridgehead atoms. The lowest BCUT2D eigenvalue weighted by atomic mass is 10.2. The molecule has 0 radical (unpaired) electrons. The van der Waals surface area contributed by atoms with E-state index < -0.39 is 10.0 Å². The summed E-state index contributed by atoms with van der Waals surface area (Å²) < 4.78 is 27.1. The Morgan fingerprint density at radius 3 is 2.39 bits per heavy atom. The van der Waals surface area contributed by atoms with Crippen molar-refractivity contribution in [3.8, 4) is 10.6 Å². The molecule has 1 amide bonds. The van der Waals surface area contributed by atoms with E-state index >= 15 is 0 Å². The number of benzene rings is 2. The van der Waals surface area contributed by atoms with Crippen molar-refractivity contribution in [1.29, 1.82) is 0 Å². The third-order valence-electron chi connectivity index (χ3n) is 5.35. The van der Waals surface area contributed by atoms with Crippen LogP contribution in [-0.2, 0) is 16.6 Å². The van der Waals surface area contributed by atoms with E-state index in [1.807, 2.05) is 37.3 Å². The van der Waals surface area contributed by atoms with Crippen molar-refractivity contribution >= 4 is 27.3 Å². The van der Waals surface area contributed by atoms with Gasteiger partial charge in [-0.05, 0) is 37.5 Å². The number of piperidine rings is 1. The summed E-state index contributed by atoms with van der Waals surface area (Å²) in [5.41, 5.74) is 2.53. The first kappa shape index (κ1) is 21.7. The summed E-state index contributed by atoms with van der Waals surface area (Å²) >= 11 is 1.37. The fourth-order valence-corrected chi connectivity index (χ4v) is 6.11. The second kappa shape index (κ2) is 9.30. The number of hydrogen-bond donors (Lipinski definition) is 1. The summed E-state index contributed by atoms with van der Waals surface area (Å²) in [4.78, 5) is 18.1. The molecule has 1 aliphatic rings. The lowest BCUT2D eigenvalue weighted by Gasteiger charge is -2.25. The van der Waals surface area contributed by atoms with Gasteiger partial charge in [-0.1, -0.05) is 48.9 Å². The molecular formula is C23H25N3O3S2. The van der Waals surface area contributed by atoms with Crippen LogP contribution in [0.15, 0.2) is 59.5 Å². The minimum absolute atomic E-state index is 0.179. The van der Waals surface area contributed by atoms with Crippen LogP contribution in [0, 0.1) is 6.92 Å². The first-order chi connectivity index (χ1) is 14.9. The highest BCUT2D eigenvalue weighted by molar-refractivity contribution is 7.89. The van der Waals surface area contributed by atoms with Crippen molar-refractivity contribution in [2.75, 3.05) is 13.1 Å². The molecule has 0 atom stereocenters. The number of hydrogen-bond acceptors (Lipinski definition) is 5. The van der Waals surface area contributed by atoms with E-state index in [1.165, 1.54) is 11.3 Å². The van der Waals surface area contributed by atoms with Crippen molar-refractivity contribution in [3.63, 3.8) is 0 Å². The van der Waals surface area contributed by atoms with Crippen LogP contribution in [0.3, 0.4) is 0 Å². The molecule has 0 unspecified atom stereocenters. The second-order valence-corrected chi connectivity index (χ2v) is 10.5. The van der Waals surface area contributed by atoms with Gasteiger partial charge in [0.25, 0.3) is 5.91 Å². The van der Waals surface area contributed by atoms with Crippen molar-refractivity contribution in [2.24, 2.45) is 0 Å². The van der Waals surface area contributed by atoms with E-state index in [0.29, 0.717) is 35.1 Å².